The Bertz CT molecular complexity index is 839. The minimum atomic E-state index is -0.651. The molecule has 10 nitrogen and oxygen atoms in total. The first-order valence-electron chi connectivity index (χ1n) is 8.98. The van der Waals surface area contributed by atoms with Gasteiger partial charge in [0.15, 0.2) is 5.76 Å². The average molecular weight is 372 g/mol. The Morgan fingerprint density at radius 3 is 2.44 bits per heavy atom. The van der Waals surface area contributed by atoms with Crippen LogP contribution in [0.3, 0.4) is 0 Å². The molecule has 2 saturated heterocycles. The lowest BCUT2D eigenvalue weighted by molar-refractivity contribution is -0.402. The van der Waals surface area contributed by atoms with Crippen LogP contribution < -0.4 is 9.80 Å². The van der Waals surface area contributed by atoms with E-state index in [4.69, 9.17) is 4.42 Å². The lowest BCUT2D eigenvalue weighted by Gasteiger charge is -2.35. The molecule has 27 heavy (non-hydrogen) atoms. The monoisotopic (exact) mass is 372 g/mol. The second kappa shape index (κ2) is 7.22. The van der Waals surface area contributed by atoms with Crippen LogP contribution in [0.1, 0.15) is 23.4 Å². The Kier molecular flexibility index (Phi) is 4.61. The summed E-state index contributed by atoms with van der Waals surface area (Å²) in [5.74, 6) is 0.850. The SMILES string of the molecule is O=C(c1ccc([N+](=O)[O-])o1)N1CCN(c2ccnc(N3CCCC3)n2)CC1. The molecule has 0 unspecified atom stereocenters. The van der Waals surface area contributed by atoms with Gasteiger partial charge in [0.05, 0.1) is 6.07 Å². The molecule has 0 spiro atoms. The Hall–Kier alpha value is -3.17. The molecule has 4 heterocycles. The van der Waals surface area contributed by atoms with Gasteiger partial charge in [-0.05, 0) is 25.0 Å². The molecule has 0 bridgehead atoms. The molecule has 2 aliphatic heterocycles. The first-order chi connectivity index (χ1) is 13.1. The Balaban J connectivity index is 1.39. The summed E-state index contributed by atoms with van der Waals surface area (Å²) in [4.78, 5) is 37.5. The van der Waals surface area contributed by atoms with Gasteiger partial charge in [0.1, 0.15) is 10.7 Å². The van der Waals surface area contributed by atoms with Crippen molar-refractivity contribution in [2.75, 3.05) is 49.1 Å². The number of nitrogens with zero attached hydrogens (tertiary/aromatic N) is 6. The maximum Gasteiger partial charge on any atom is 0.433 e. The molecular formula is C17H20N6O4. The molecule has 2 fully saturated rings. The van der Waals surface area contributed by atoms with Crippen molar-refractivity contribution >= 4 is 23.6 Å². The normalized spacial score (nSPS) is 17.4. The van der Waals surface area contributed by atoms with Gasteiger partial charge in [0, 0.05) is 45.5 Å². The molecule has 0 aromatic carbocycles. The topological polar surface area (TPSA) is 109 Å². The molecule has 1 amide bonds. The number of aromatic nitrogens is 2. The largest absolute Gasteiger partial charge is 0.433 e. The number of carbonyl (C=O) groups excluding carboxylic acids is 1. The van der Waals surface area contributed by atoms with Crippen LogP contribution in [-0.4, -0.2) is 65.0 Å². The third-order valence-electron chi connectivity index (χ3n) is 4.89. The average Bonchev–Trinajstić information content (AvgIpc) is 3.40. The fraction of sp³-hybridized carbons (Fsp3) is 0.471. The highest BCUT2D eigenvalue weighted by atomic mass is 16.6. The van der Waals surface area contributed by atoms with Gasteiger partial charge in [-0.2, -0.15) is 4.98 Å². The maximum absolute atomic E-state index is 12.5. The van der Waals surface area contributed by atoms with Gasteiger partial charge in [0.2, 0.25) is 5.95 Å². The number of rotatable bonds is 4. The zero-order valence-electron chi connectivity index (χ0n) is 14.8. The molecular weight excluding hydrogens is 352 g/mol. The fourth-order valence-corrected chi connectivity index (χ4v) is 3.42. The summed E-state index contributed by atoms with van der Waals surface area (Å²) in [6, 6.07) is 4.43. The van der Waals surface area contributed by atoms with E-state index in [0.717, 1.165) is 24.9 Å². The number of hydrogen-bond acceptors (Lipinski definition) is 8. The predicted molar refractivity (Wildman–Crippen MR) is 97.0 cm³/mol. The van der Waals surface area contributed by atoms with Gasteiger partial charge in [-0.25, -0.2) is 4.98 Å². The van der Waals surface area contributed by atoms with E-state index < -0.39 is 10.8 Å². The van der Waals surface area contributed by atoms with E-state index in [1.807, 2.05) is 6.07 Å². The molecule has 0 N–H and O–H groups in total. The number of amides is 1. The minimum absolute atomic E-state index is 0.00601. The molecule has 10 heteroatoms. The molecule has 0 radical (unpaired) electrons. The van der Waals surface area contributed by atoms with Crippen molar-refractivity contribution in [1.82, 2.24) is 14.9 Å². The van der Waals surface area contributed by atoms with Crippen LogP contribution >= 0.6 is 0 Å². The van der Waals surface area contributed by atoms with Gasteiger partial charge in [-0.15, -0.1) is 0 Å². The highest BCUT2D eigenvalue weighted by molar-refractivity contribution is 5.92. The first kappa shape index (κ1) is 17.3. The molecule has 4 rings (SSSR count). The number of hydrogen-bond donors (Lipinski definition) is 0. The first-order valence-corrected chi connectivity index (χ1v) is 8.98. The number of furan rings is 1. The number of nitro groups is 1. The van der Waals surface area contributed by atoms with Gasteiger partial charge in [-0.1, -0.05) is 0 Å². The number of anilines is 2. The van der Waals surface area contributed by atoms with Crippen LogP contribution in [0.5, 0.6) is 0 Å². The standard InChI is InChI=1S/C17H20N6O4/c24-16(13-3-4-15(27-13)23(25)26)21-11-9-20(10-12-21)14-5-6-18-17(19-14)22-7-1-2-8-22/h3-6H,1-2,7-12H2. The van der Waals surface area contributed by atoms with Crippen molar-refractivity contribution in [3.05, 3.63) is 40.3 Å². The van der Waals surface area contributed by atoms with Crippen LogP contribution in [-0.2, 0) is 0 Å². The Morgan fingerprint density at radius 2 is 1.78 bits per heavy atom. The van der Waals surface area contributed by atoms with Crippen molar-refractivity contribution in [3.8, 4) is 0 Å². The zero-order valence-corrected chi connectivity index (χ0v) is 14.8. The van der Waals surface area contributed by atoms with Gasteiger partial charge in [-0.3, -0.25) is 14.9 Å². The van der Waals surface area contributed by atoms with E-state index in [2.05, 4.69) is 19.8 Å². The van der Waals surface area contributed by atoms with E-state index in [9.17, 15) is 14.9 Å². The van der Waals surface area contributed by atoms with Gasteiger partial charge < -0.3 is 19.1 Å². The lowest BCUT2D eigenvalue weighted by atomic mass is 10.3. The van der Waals surface area contributed by atoms with Crippen LogP contribution in [0.2, 0.25) is 0 Å². The Labute approximate surface area is 155 Å². The number of piperazine rings is 1. The highest BCUT2D eigenvalue weighted by Crippen LogP contribution is 2.21. The predicted octanol–water partition coefficient (Wildman–Crippen LogP) is 1.54. The number of carbonyl (C=O) groups is 1. The van der Waals surface area contributed by atoms with Crippen LogP contribution in [0, 0.1) is 10.1 Å². The van der Waals surface area contributed by atoms with E-state index in [-0.39, 0.29) is 11.7 Å². The summed E-state index contributed by atoms with van der Waals surface area (Å²) in [5, 5.41) is 10.7. The fourth-order valence-electron chi connectivity index (χ4n) is 3.42. The van der Waals surface area contributed by atoms with E-state index in [1.165, 1.54) is 25.0 Å². The highest BCUT2D eigenvalue weighted by Gasteiger charge is 2.27. The molecule has 0 aliphatic carbocycles. The van der Waals surface area contributed by atoms with Crippen LogP contribution in [0.4, 0.5) is 17.7 Å². The second-order valence-electron chi connectivity index (χ2n) is 6.58. The summed E-state index contributed by atoms with van der Waals surface area (Å²) in [5.41, 5.74) is 0. The molecule has 2 aliphatic rings. The summed E-state index contributed by atoms with van der Waals surface area (Å²) < 4.78 is 5.01. The van der Waals surface area contributed by atoms with E-state index in [0.29, 0.717) is 26.2 Å². The quantitative estimate of drug-likeness (QED) is 0.587. The van der Waals surface area contributed by atoms with Crippen LogP contribution in [0.15, 0.2) is 28.8 Å². The minimum Gasteiger partial charge on any atom is -0.395 e. The van der Waals surface area contributed by atoms with Gasteiger partial charge >= 0.3 is 5.88 Å². The maximum atomic E-state index is 12.5. The molecule has 0 saturated carbocycles. The molecule has 0 atom stereocenters. The smallest absolute Gasteiger partial charge is 0.395 e. The van der Waals surface area contributed by atoms with Crippen molar-refractivity contribution in [2.24, 2.45) is 0 Å². The molecule has 142 valence electrons. The van der Waals surface area contributed by atoms with E-state index >= 15 is 0 Å². The van der Waals surface area contributed by atoms with Crippen molar-refractivity contribution in [3.63, 3.8) is 0 Å². The third-order valence-corrected chi connectivity index (χ3v) is 4.89. The second-order valence-corrected chi connectivity index (χ2v) is 6.58. The van der Waals surface area contributed by atoms with Gasteiger partial charge in [0.25, 0.3) is 5.91 Å². The van der Waals surface area contributed by atoms with E-state index in [1.54, 1.807) is 11.1 Å². The lowest BCUT2D eigenvalue weighted by Crippen LogP contribution is -2.49. The van der Waals surface area contributed by atoms with Crippen molar-refractivity contribution in [2.45, 2.75) is 12.8 Å². The summed E-state index contributed by atoms with van der Waals surface area (Å²) in [6.07, 6.45) is 4.11. The molecule has 2 aromatic heterocycles. The molecule has 2 aromatic rings. The summed E-state index contributed by atoms with van der Waals surface area (Å²) in [6.45, 7) is 4.23. The third kappa shape index (κ3) is 3.55. The zero-order chi connectivity index (χ0) is 18.8. The van der Waals surface area contributed by atoms with Crippen molar-refractivity contribution < 1.29 is 14.1 Å². The van der Waals surface area contributed by atoms with Crippen molar-refractivity contribution in [1.29, 1.82) is 0 Å². The Morgan fingerprint density at radius 1 is 1.04 bits per heavy atom. The summed E-state index contributed by atoms with van der Waals surface area (Å²) >= 11 is 0. The summed E-state index contributed by atoms with van der Waals surface area (Å²) in [7, 11) is 0. The van der Waals surface area contributed by atoms with Crippen LogP contribution in [0.25, 0.3) is 0 Å².